The Kier molecular flexibility index (Phi) is 3.86. The first-order chi connectivity index (χ1) is 10.8. The smallest absolute Gasteiger partial charge is 0.316 e. The summed E-state index contributed by atoms with van der Waals surface area (Å²) in [5, 5.41) is 6.51. The van der Waals surface area contributed by atoms with Crippen LogP contribution in [0.2, 0.25) is 0 Å². The third kappa shape index (κ3) is 2.83. The summed E-state index contributed by atoms with van der Waals surface area (Å²) in [5.74, 6) is -0.350. The molecule has 3 aromatic rings. The van der Waals surface area contributed by atoms with Crippen LogP contribution in [0.3, 0.4) is 0 Å². The SMILES string of the molecule is CCc1ccccc1NC(=O)c1nc(-c2cnccn2)no1. The molecule has 0 aliphatic heterocycles. The lowest BCUT2D eigenvalue weighted by molar-refractivity contribution is 0.0981. The van der Waals surface area contributed by atoms with Crippen molar-refractivity contribution in [3.05, 3.63) is 54.3 Å². The van der Waals surface area contributed by atoms with E-state index in [9.17, 15) is 4.79 Å². The Morgan fingerprint density at radius 3 is 2.91 bits per heavy atom. The Hall–Kier alpha value is -3.09. The number of aryl methyl sites for hydroxylation is 1. The van der Waals surface area contributed by atoms with Crippen LogP contribution >= 0.6 is 0 Å². The molecule has 1 aromatic carbocycles. The largest absolute Gasteiger partial charge is 0.328 e. The average molecular weight is 295 g/mol. The highest BCUT2D eigenvalue weighted by Crippen LogP contribution is 2.17. The van der Waals surface area contributed by atoms with Crippen molar-refractivity contribution in [3.63, 3.8) is 0 Å². The van der Waals surface area contributed by atoms with Crippen molar-refractivity contribution < 1.29 is 9.32 Å². The molecule has 0 saturated heterocycles. The number of carbonyl (C=O) groups excluding carboxylic acids is 1. The minimum Gasteiger partial charge on any atom is -0.328 e. The summed E-state index contributed by atoms with van der Waals surface area (Å²) in [6.07, 6.45) is 5.37. The van der Waals surface area contributed by atoms with E-state index < -0.39 is 5.91 Å². The molecule has 22 heavy (non-hydrogen) atoms. The number of hydrogen-bond acceptors (Lipinski definition) is 6. The molecule has 0 atom stereocenters. The molecular formula is C15H13N5O2. The highest BCUT2D eigenvalue weighted by Gasteiger charge is 2.17. The van der Waals surface area contributed by atoms with Gasteiger partial charge in [0.15, 0.2) is 0 Å². The molecule has 0 bridgehead atoms. The van der Waals surface area contributed by atoms with Crippen molar-refractivity contribution >= 4 is 11.6 Å². The molecule has 1 amide bonds. The number of hydrogen-bond donors (Lipinski definition) is 1. The molecule has 0 saturated carbocycles. The maximum atomic E-state index is 12.2. The van der Waals surface area contributed by atoms with Gasteiger partial charge in [-0.1, -0.05) is 30.3 Å². The summed E-state index contributed by atoms with van der Waals surface area (Å²) in [7, 11) is 0. The number of benzene rings is 1. The second kappa shape index (κ2) is 6.13. The Balaban J connectivity index is 1.80. The molecule has 0 radical (unpaired) electrons. The van der Waals surface area contributed by atoms with Crippen molar-refractivity contribution in [2.45, 2.75) is 13.3 Å². The van der Waals surface area contributed by atoms with Crippen molar-refractivity contribution in [2.24, 2.45) is 0 Å². The number of aromatic nitrogens is 4. The highest BCUT2D eigenvalue weighted by atomic mass is 16.5. The summed E-state index contributed by atoms with van der Waals surface area (Å²) < 4.78 is 4.99. The van der Waals surface area contributed by atoms with Crippen molar-refractivity contribution in [1.82, 2.24) is 20.1 Å². The van der Waals surface area contributed by atoms with Crippen LogP contribution in [0.5, 0.6) is 0 Å². The fourth-order valence-electron chi connectivity index (χ4n) is 1.96. The Bertz CT molecular complexity index is 785. The summed E-state index contributed by atoms with van der Waals surface area (Å²) >= 11 is 0. The maximum Gasteiger partial charge on any atom is 0.316 e. The van der Waals surface area contributed by atoms with Gasteiger partial charge in [0.1, 0.15) is 5.69 Å². The summed E-state index contributed by atoms with van der Waals surface area (Å²) in [6.45, 7) is 2.02. The Morgan fingerprint density at radius 2 is 2.14 bits per heavy atom. The summed E-state index contributed by atoms with van der Waals surface area (Å²) in [5.41, 5.74) is 2.21. The molecule has 110 valence electrons. The topological polar surface area (TPSA) is 93.8 Å². The van der Waals surface area contributed by atoms with Gasteiger partial charge in [0.05, 0.1) is 6.20 Å². The molecule has 2 heterocycles. The zero-order chi connectivity index (χ0) is 15.4. The second-order valence-corrected chi connectivity index (χ2v) is 4.48. The summed E-state index contributed by atoms with van der Waals surface area (Å²) in [6, 6.07) is 7.56. The first-order valence-electron chi connectivity index (χ1n) is 6.77. The number of carbonyl (C=O) groups is 1. The van der Waals surface area contributed by atoms with E-state index in [-0.39, 0.29) is 11.7 Å². The zero-order valence-electron chi connectivity index (χ0n) is 11.9. The van der Waals surface area contributed by atoms with Crippen LogP contribution in [-0.4, -0.2) is 26.0 Å². The number of rotatable bonds is 4. The first kappa shape index (κ1) is 13.9. The van der Waals surface area contributed by atoms with Crippen LogP contribution in [0.25, 0.3) is 11.5 Å². The van der Waals surface area contributed by atoms with Crippen molar-refractivity contribution in [3.8, 4) is 11.5 Å². The van der Waals surface area contributed by atoms with Gasteiger partial charge in [0.25, 0.3) is 0 Å². The fraction of sp³-hybridized carbons (Fsp3) is 0.133. The van der Waals surface area contributed by atoms with Gasteiger partial charge in [-0.3, -0.25) is 9.78 Å². The average Bonchev–Trinajstić information content (AvgIpc) is 3.06. The lowest BCUT2D eigenvalue weighted by atomic mass is 10.1. The lowest BCUT2D eigenvalue weighted by Gasteiger charge is -2.07. The standard InChI is InChI=1S/C15H13N5O2/c1-2-10-5-3-4-6-11(10)18-14(21)15-19-13(20-22-15)12-9-16-7-8-17-12/h3-9H,2H2,1H3,(H,18,21). The first-order valence-corrected chi connectivity index (χ1v) is 6.77. The molecule has 7 nitrogen and oxygen atoms in total. The van der Waals surface area contributed by atoms with Gasteiger partial charge in [0.2, 0.25) is 5.82 Å². The molecule has 0 aliphatic carbocycles. The number of nitrogens with zero attached hydrogens (tertiary/aromatic N) is 4. The van der Waals surface area contributed by atoms with Gasteiger partial charge >= 0.3 is 11.8 Å². The number of para-hydroxylation sites is 1. The third-order valence-electron chi connectivity index (χ3n) is 3.06. The van der Waals surface area contributed by atoms with E-state index in [4.69, 9.17) is 4.52 Å². The minimum atomic E-state index is -0.455. The second-order valence-electron chi connectivity index (χ2n) is 4.48. The van der Waals surface area contributed by atoms with E-state index in [0.717, 1.165) is 17.7 Å². The predicted molar refractivity (Wildman–Crippen MR) is 79.1 cm³/mol. The van der Waals surface area contributed by atoms with E-state index in [1.807, 2.05) is 31.2 Å². The van der Waals surface area contributed by atoms with Crippen LogP contribution < -0.4 is 5.32 Å². The van der Waals surface area contributed by atoms with Gasteiger partial charge in [-0.25, -0.2) is 4.98 Å². The number of nitrogens with one attached hydrogen (secondary N) is 1. The molecule has 2 aromatic heterocycles. The van der Waals surface area contributed by atoms with Crippen LogP contribution in [-0.2, 0) is 6.42 Å². The fourth-order valence-corrected chi connectivity index (χ4v) is 1.96. The highest BCUT2D eigenvalue weighted by molar-refractivity contribution is 6.01. The van der Waals surface area contributed by atoms with E-state index >= 15 is 0 Å². The van der Waals surface area contributed by atoms with Gasteiger partial charge in [0, 0.05) is 18.1 Å². The monoisotopic (exact) mass is 295 g/mol. The molecule has 3 rings (SSSR count). The predicted octanol–water partition coefficient (Wildman–Crippen LogP) is 2.34. The van der Waals surface area contributed by atoms with Crippen molar-refractivity contribution in [1.29, 1.82) is 0 Å². The van der Waals surface area contributed by atoms with Crippen LogP contribution in [0, 0.1) is 0 Å². The van der Waals surface area contributed by atoms with Crippen LogP contribution in [0.15, 0.2) is 47.4 Å². The minimum absolute atomic E-state index is 0.119. The van der Waals surface area contributed by atoms with Crippen molar-refractivity contribution in [2.75, 3.05) is 5.32 Å². The molecular weight excluding hydrogens is 282 g/mol. The number of amides is 1. The quantitative estimate of drug-likeness (QED) is 0.794. The van der Waals surface area contributed by atoms with E-state index in [0.29, 0.717) is 5.69 Å². The normalized spacial score (nSPS) is 10.4. The molecule has 0 fully saturated rings. The van der Waals surface area contributed by atoms with E-state index in [1.165, 1.54) is 12.4 Å². The molecule has 7 heteroatoms. The van der Waals surface area contributed by atoms with Gasteiger partial charge < -0.3 is 9.84 Å². The van der Waals surface area contributed by atoms with E-state index in [1.54, 1.807) is 6.20 Å². The third-order valence-corrected chi connectivity index (χ3v) is 3.06. The van der Waals surface area contributed by atoms with Crippen LogP contribution in [0.1, 0.15) is 23.2 Å². The molecule has 0 spiro atoms. The molecule has 1 N–H and O–H groups in total. The summed E-state index contributed by atoms with van der Waals surface area (Å²) in [4.78, 5) is 24.2. The zero-order valence-corrected chi connectivity index (χ0v) is 11.9. The van der Waals surface area contributed by atoms with Gasteiger partial charge in [-0.2, -0.15) is 4.98 Å². The van der Waals surface area contributed by atoms with Crippen LogP contribution in [0.4, 0.5) is 5.69 Å². The van der Waals surface area contributed by atoms with Gasteiger partial charge in [-0.15, -0.1) is 0 Å². The Morgan fingerprint density at radius 1 is 1.27 bits per heavy atom. The molecule has 0 aliphatic rings. The Labute approximate surface area is 126 Å². The van der Waals surface area contributed by atoms with E-state index in [2.05, 4.69) is 25.4 Å². The number of anilines is 1. The molecule has 0 unspecified atom stereocenters. The maximum absolute atomic E-state index is 12.2. The lowest BCUT2D eigenvalue weighted by Crippen LogP contribution is -2.13. The van der Waals surface area contributed by atoms with Gasteiger partial charge in [-0.05, 0) is 18.1 Å².